The lowest BCUT2D eigenvalue weighted by Crippen LogP contribution is -2.16. The van der Waals surface area contributed by atoms with Gasteiger partial charge in [-0.1, -0.05) is 13.0 Å². The van der Waals surface area contributed by atoms with Crippen molar-refractivity contribution in [2.45, 2.75) is 34.1 Å². The first-order valence-corrected chi connectivity index (χ1v) is 9.31. The van der Waals surface area contributed by atoms with Gasteiger partial charge in [0.05, 0.1) is 23.8 Å². The van der Waals surface area contributed by atoms with Gasteiger partial charge in [0.15, 0.2) is 0 Å². The van der Waals surface area contributed by atoms with Crippen molar-refractivity contribution in [1.82, 2.24) is 14.5 Å². The Morgan fingerprint density at radius 2 is 1.93 bits per heavy atom. The lowest BCUT2D eigenvalue weighted by molar-refractivity contribution is 0.102. The number of allylic oxidation sites excluding steroid dienone is 2. The van der Waals surface area contributed by atoms with Crippen molar-refractivity contribution in [3.8, 4) is 0 Å². The van der Waals surface area contributed by atoms with Gasteiger partial charge in [0.25, 0.3) is 5.91 Å². The number of amides is 1. The molecule has 0 bridgehead atoms. The third-order valence-electron chi connectivity index (χ3n) is 4.85. The van der Waals surface area contributed by atoms with Gasteiger partial charge in [-0.15, -0.1) is 0 Å². The summed E-state index contributed by atoms with van der Waals surface area (Å²) in [6.07, 6.45) is 0.763. The average Bonchev–Trinajstić information content (AvgIpc) is 2.97. The molecule has 0 saturated carbocycles. The van der Waals surface area contributed by atoms with Gasteiger partial charge >= 0.3 is 0 Å². The first kappa shape index (κ1) is 19.6. The van der Waals surface area contributed by atoms with Gasteiger partial charge in [0.2, 0.25) is 5.95 Å². The molecule has 0 unspecified atom stereocenters. The first-order valence-electron chi connectivity index (χ1n) is 9.31. The number of aryl methyl sites for hydroxylation is 3. The number of nitrogens with one attached hydrogen (secondary N) is 1. The summed E-state index contributed by atoms with van der Waals surface area (Å²) in [6, 6.07) is 9.59. The molecule has 2 heterocycles. The van der Waals surface area contributed by atoms with E-state index >= 15 is 0 Å². The fraction of sp³-hybridized carbons (Fsp3) is 0.318. The molecule has 2 aromatic heterocycles. The number of carbonyl (C=O) groups excluding carboxylic acids is 1. The minimum atomic E-state index is -0.217. The number of rotatable bonds is 5. The van der Waals surface area contributed by atoms with E-state index in [1.165, 1.54) is 0 Å². The van der Waals surface area contributed by atoms with Gasteiger partial charge in [-0.3, -0.25) is 15.1 Å². The molecular weight excluding hydrogens is 352 g/mol. The minimum Gasteiger partial charge on any atom is -0.501 e. The highest BCUT2D eigenvalue weighted by Gasteiger charge is 2.15. The molecule has 1 aromatic carbocycles. The summed E-state index contributed by atoms with van der Waals surface area (Å²) >= 11 is 0. The maximum absolute atomic E-state index is 12.9. The van der Waals surface area contributed by atoms with E-state index < -0.39 is 0 Å². The number of nitrogens with zero attached hydrogens (tertiary/aromatic N) is 3. The molecule has 146 valence electrons. The van der Waals surface area contributed by atoms with Crippen LogP contribution in [0, 0.1) is 13.8 Å². The van der Waals surface area contributed by atoms with Gasteiger partial charge in [-0.05, 0) is 50.6 Å². The molecule has 28 heavy (non-hydrogen) atoms. The molecule has 1 N–H and O–H groups in total. The van der Waals surface area contributed by atoms with E-state index in [0.29, 0.717) is 11.5 Å². The number of pyridine rings is 1. The number of methoxy groups -OCH3 is 1. The second-order valence-electron chi connectivity index (χ2n) is 6.93. The number of imidazole rings is 1. The van der Waals surface area contributed by atoms with Crippen LogP contribution in [0.25, 0.3) is 16.6 Å². The number of carbonyl (C=O) groups is 1. The predicted molar refractivity (Wildman–Crippen MR) is 112 cm³/mol. The summed E-state index contributed by atoms with van der Waals surface area (Å²) in [5.74, 6) is 1.15. The zero-order valence-electron chi connectivity index (χ0n) is 17.3. The molecule has 0 aliphatic rings. The lowest BCUT2D eigenvalue weighted by Gasteiger charge is -2.11. The molecule has 6 nitrogen and oxygen atoms in total. The third kappa shape index (κ3) is 3.76. The standard InChI is InChI=1S/C22H26N4O2/c1-7-20(28-6)15(4)18-12-16(11-14(3)23-18)21(27)25-22-24-17-9-8-13(2)10-19(17)26(22)5/h8-12H,7H2,1-6H3,(H,24,25,27)/b20-15-. The average molecular weight is 378 g/mol. The lowest BCUT2D eigenvalue weighted by atomic mass is 10.1. The number of benzene rings is 1. The van der Waals surface area contributed by atoms with Crippen LogP contribution in [0.5, 0.6) is 0 Å². The Bertz CT molecular complexity index is 1070. The number of hydrogen-bond acceptors (Lipinski definition) is 4. The van der Waals surface area contributed by atoms with Crippen molar-refractivity contribution < 1.29 is 9.53 Å². The molecule has 6 heteroatoms. The van der Waals surface area contributed by atoms with Gasteiger partial charge in [-0.2, -0.15) is 0 Å². The molecule has 0 spiro atoms. The second-order valence-corrected chi connectivity index (χ2v) is 6.93. The van der Waals surface area contributed by atoms with Crippen LogP contribution in [0.15, 0.2) is 36.1 Å². The zero-order valence-corrected chi connectivity index (χ0v) is 17.3. The maximum Gasteiger partial charge on any atom is 0.258 e. The van der Waals surface area contributed by atoms with Crippen molar-refractivity contribution in [2.75, 3.05) is 12.4 Å². The van der Waals surface area contributed by atoms with Crippen molar-refractivity contribution in [1.29, 1.82) is 0 Å². The summed E-state index contributed by atoms with van der Waals surface area (Å²) < 4.78 is 7.33. The SMILES string of the molecule is CC/C(OC)=C(\C)c1cc(C(=O)Nc2nc3ccc(C)cc3n2C)cc(C)n1. The number of fused-ring (bicyclic) bond motifs is 1. The third-order valence-corrected chi connectivity index (χ3v) is 4.85. The number of ether oxygens (including phenoxy) is 1. The van der Waals surface area contributed by atoms with E-state index in [2.05, 4.69) is 21.4 Å². The Morgan fingerprint density at radius 1 is 1.18 bits per heavy atom. The molecule has 0 aliphatic heterocycles. The quantitative estimate of drug-likeness (QED) is 0.658. The highest BCUT2D eigenvalue weighted by molar-refractivity contribution is 6.04. The molecule has 0 fully saturated rings. The smallest absolute Gasteiger partial charge is 0.258 e. The van der Waals surface area contributed by atoms with Gasteiger partial charge in [0.1, 0.15) is 5.76 Å². The molecular formula is C22H26N4O2. The Balaban J connectivity index is 1.95. The van der Waals surface area contributed by atoms with Crippen LogP contribution in [0.1, 0.15) is 47.6 Å². The van der Waals surface area contributed by atoms with Crippen LogP contribution in [0.3, 0.4) is 0 Å². The maximum atomic E-state index is 12.9. The molecule has 0 atom stereocenters. The second kappa shape index (κ2) is 7.84. The summed E-state index contributed by atoms with van der Waals surface area (Å²) in [7, 11) is 3.55. The minimum absolute atomic E-state index is 0.217. The highest BCUT2D eigenvalue weighted by Crippen LogP contribution is 2.23. The predicted octanol–water partition coefficient (Wildman–Crippen LogP) is 4.62. The number of aromatic nitrogens is 3. The molecule has 0 saturated heterocycles. The number of anilines is 1. The van der Waals surface area contributed by atoms with Crippen LogP contribution >= 0.6 is 0 Å². The van der Waals surface area contributed by atoms with E-state index in [0.717, 1.165) is 45.7 Å². The van der Waals surface area contributed by atoms with E-state index in [9.17, 15) is 4.79 Å². The van der Waals surface area contributed by atoms with E-state index in [1.807, 2.05) is 51.4 Å². The van der Waals surface area contributed by atoms with Crippen molar-refractivity contribution >= 4 is 28.5 Å². The molecule has 0 radical (unpaired) electrons. The van der Waals surface area contributed by atoms with Crippen LogP contribution < -0.4 is 5.32 Å². The van der Waals surface area contributed by atoms with E-state index in [-0.39, 0.29) is 5.91 Å². The monoisotopic (exact) mass is 378 g/mol. The van der Waals surface area contributed by atoms with Crippen molar-refractivity contribution in [2.24, 2.45) is 7.05 Å². The zero-order chi connectivity index (χ0) is 20.4. The summed E-state index contributed by atoms with van der Waals surface area (Å²) in [5.41, 5.74) is 5.96. The van der Waals surface area contributed by atoms with Crippen LogP contribution in [-0.2, 0) is 11.8 Å². The van der Waals surface area contributed by atoms with Crippen LogP contribution in [0.2, 0.25) is 0 Å². The fourth-order valence-corrected chi connectivity index (χ4v) is 3.28. The fourth-order valence-electron chi connectivity index (χ4n) is 3.28. The highest BCUT2D eigenvalue weighted by atomic mass is 16.5. The Labute approximate surface area is 165 Å². The van der Waals surface area contributed by atoms with Crippen LogP contribution in [0.4, 0.5) is 5.95 Å². The van der Waals surface area contributed by atoms with Crippen molar-refractivity contribution in [3.63, 3.8) is 0 Å². The molecule has 1 amide bonds. The molecule has 0 aliphatic carbocycles. The van der Waals surface area contributed by atoms with E-state index in [4.69, 9.17) is 4.74 Å². The van der Waals surface area contributed by atoms with Gasteiger partial charge < -0.3 is 9.30 Å². The topological polar surface area (TPSA) is 69.0 Å². The largest absolute Gasteiger partial charge is 0.501 e. The van der Waals surface area contributed by atoms with Gasteiger partial charge in [-0.25, -0.2) is 4.98 Å². The molecule has 3 aromatic rings. The summed E-state index contributed by atoms with van der Waals surface area (Å²) in [4.78, 5) is 22.0. The summed E-state index contributed by atoms with van der Waals surface area (Å²) in [5, 5.41) is 2.92. The summed E-state index contributed by atoms with van der Waals surface area (Å²) in [6.45, 7) is 7.90. The van der Waals surface area contributed by atoms with Gasteiger partial charge in [0, 0.05) is 30.3 Å². The van der Waals surface area contributed by atoms with E-state index in [1.54, 1.807) is 19.2 Å². The van der Waals surface area contributed by atoms with Crippen LogP contribution in [-0.4, -0.2) is 27.6 Å². The Morgan fingerprint density at radius 3 is 2.61 bits per heavy atom. The number of hydrogen-bond donors (Lipinski definition) is 1. The Kier molecular flexibility index (Phi) is 5.49. The molecule has 3 rings (SSSR count). The Hall–Kier alpha value is -3.15. The van der Waals surface area contributed by atoms with Crippen molar-refractivity contribution in [3.05, 3.63) is 58.6 Å². The first-order chi connectivity index (χ1) is 13.3. The normalized spacial score (nSPS) is 12.1.